The molecule has 1 aromatic carbocycles. The van der Waals surface area contributed by atoms with E-state index >= 15 is 0 Å². The zero-order valence-electron chi connectivity index (χ0n) is 8.29. The molecule has 0 amide bonds. The standard InChI is InChI=1S/C10H8BrFN2O2/c1-4-6(11)2-7(12)9(15)8(4)5-3-14-16-10(5)13/h2-3,15H,13H2,1H3. The number of phenols is 1. The second-order valence-corrected chi connectivity index (χ2v) is 4.15. The maximum Gasteiger partial charge on any atom is 0.230 e. The van der Waals surface area contributed by atoms with Crippen molar-refractivity contribution in [3.63, 3.8) is 0 Å². The van der Waals surface area contributed by atoms with Gasteiger partial charge >= 0.3 is 0 Å². The van der Waals surface area contributed by atoms with E-state index in [9.17, 15) is 9.50 Å². The van der Waals surface area contributed by atoms with Gasteiger partial charge in [-0.25, -0.2) is 4.39 Å². The molecule has 16 heavy (non-hydrogen) atoms. The summed E-state index contributed by atoms with van der Waals surface area (Å²) in [6, 6.07) is 1.19. The van der Waals surface area contributed by atoms with Gasteiger partial charge in [0.1, 0.15) is 0 Å². The second kappa shape index (κ2) is 3.79. The van der Waals surface area contributed by atoms with Gasteiger partial charge in [-0.05, 0) is 18.6 Å². The van der Waals surface area contributed by atoms with Crippen molar-refractivity contribution in [3.05, 3.63) is 28.1 Å². The van der Waals surface area contributed by atoms with Crippen molar-refractivity contribution in [2.75, 3.05) is 5.73 Å². The number of nitrogens with two attached hydrogens (primary N) is 1. The highest BCUT2D eigenvalue weighted by Gasteiger charge is 2.19. The number of hydrogen-bond acceptors (Lipinski definition) is 4. The van der Waals surface area contributed by atoms with E-state index in [1.165, 1.54) is 12.3 Å². The van der Waals surface area contributed by atoms with E-state index in [4.69, 9.17) is 5.73 Å². The summed E-state index contributed by atoms with van der Waals surface area (Å²) in [5.41, 5.74) is 6.85. The average Bonchev–Trinajstić information content (AvgIpc) is 2.63. The van der Waals surface area contributed by atoms with Crippen molar-refractivity contribution in [2.45, 2.75) is 6.92 Å². The molecule has 4 nitrogen and oxygen atoms in total. The van der Waals surface area contributed by atoms with Crippen LogP contribution < -0.4 is 5.73 Å². The minimum atomic E-state index is -0.729. The Morgan fingerprint density at radius 2 is 2.25 bits per heavy atom. The first-order chi connectivity index (χ1) is 7.52. The smallest absolute Gasteiger partial charge is 0.230 e. The van der Waals surface area contributed by atoms with Crippen LogP contribution in [-0.2, 0) is 0 Å². The number of hydrogen-bond donors (Lipinski definition) is 2. The van der Waals surface area contributed by atoms with Crippen molar-refractivity contribution in [1.82, 2.24) is 5.16 Å². The Labute approximate surface area is 99.0 Å². The van der Waals surface area contributed by atoms with Crippen molar-refractivity contribution < 1.29 is 14.0 Å². The highest BCUT2D eigenvalue weighted by atomic mass is 79.9. The summed E-state index contributed by atoms with van der Waals surface area (Å²) in [5, 5.41) is 13.2. The maximum absolute atomic E-state index is 13.4. The summed E-state index contributed by atoms with van der Waals surface area (Å²) >= 11 is 3.20. The lowest BCUT2D eigenvalue weighted by atomic mass is 10.0. The molecule has 3 N–H and O–H groups in total. The monoisotopic (exact) mass is 286 g/mol. The Morgan fingerprint density at radius 3 is 2.81 bits per heavy atom. The third-order valence-corrected chi connectivity index (χ3v) is 3.14. The quantitative estimate of drug-likeness (QED) is 0.846. The van der Waals surface area contributed by atoms with Crippen LogP contribution in [0.25, 0.3) is 11.1 Å². The van der Waals surface area contributed by atoms with Crippen LogP contribution in [0.2, 0.25) is 0 Å². The van der Waals surface area contributed by atoms with Crippen LogP contribution >= 0.6 is 15.9 Å². The summed E-state index contributed by atoms with van der Waals surface area (Å²) in [6.07, 6.45) is 1.34. The fourth-order valence-electron chi connectivity index (χ4n) is 1.47. The third kappa shape index (κ3) is 1.55. The van der Waals surface area contributed by atoms with Crippen LogP contribution in [0.4, 0.5) is 10.3 Å². The van der Waals surface area contributed by atoms with E-state index in [0.29, 0.717) is 15.6 Å². The number of nitrogens with zero attached hydrogens (tertiary/aromatic N) is 1. The van der Waals surface area contributed by atoms with E-state index < -0.39 is 11.6 Å². The summed E-state index contributed by atoms with van der Waals surface area (Å²) in [4.78, 5) is 0. The molecule has 0 atom stereocenters. The van der Waals surface area contributed by atoms with Crippen molar-refractivity contribution in [1.29, 1.82) is 0 Å². The number of nitrogen functional groups attached to an aromatic ring is 1. The molecule has 2 rings (SSSR count). The molecular formula is C10H8BrFN2O2. The Kier molecular flexibility index (Phi) is 2.59. The van der Waals surface area contributed by atoms with Crippen LogP contribution in [0.5, 0.6) is 5.75 Å². The van der Waals surface area contributed by atoms with Gasteiger partial charge in [0.25, 0.3) is 0 Å². The van der Waals surface area contributed by atoms with Gasteiger partial charge in [0, 0.05) is 10.0 Å². The Bertz CT molecular complexity index is 528. The van der Waals surface area contributed by atoms with Gasteiger partial charge in [-0.2, -0.15) is 0 Å². The number of benzene rings is 1. The summed E-state index contributed by atoms with van der Waals surface area (Å²) in [5.74, 6) is -1.15. The first-order valence-electron chi connectivity index (χ1n) is 4.40. The van der Waals surface area contributed by atoms with E-state index in [-0.39, 0.29) is 11.4 Å². The number of aromatic nitrogens is 1. The predicted octanol–water partition coefficient (Wildman–Crippen LogP) is 2.84. The van der Waals surface area contributed by atoms with Gasteiger partial charge in [0.2, 0.25) is 5.88 Å². The molecule has 2 aromatic rings. The van der Waals surface area contributed by atoms with Crippen LogP contribution in [0.15, 0.2) is 21.3 Å². The number of aromatic hydroxyl groups is 1. The van der Waals surface area contributed by atoms with Crippen LogP contribution in [0.3, 0.4) is 0 Å². The van der Waals surface area contributed by atoms with Gasteiger partial charge in [0.05, 0.1) is 11.8 Å². The Hall–Kier alpha value is -1.56. The van der Waals surface area contributed by atoms with Gasteiger partial charge in [-0.3, -0.25) is 0 Å². The van der Waals surface area contributed by atoms with E-state index in [0.717, 1.165) is 0 Å². The van der Waals surface area contributed by atoms with Crippen molar-refractivity contribution >= 4 is 21.8 Å². The van der Waals surface area contributed by atoms with Crippen LogP contribution in [-0.4, -0.2) is 10.3 Å². The topological polar surface area (TPSA) is 72.3 Å². The predicted molar refractivity (Wildman–Crippen MR) is 60.4 cm³/mol. The van der Waals surface area contributed by atoms with E-state index in [1.807, 2.05) is 0 Å². The summed E-state index contributed by atoms with van der Waals surface area (Å²) in [6.45, 7) is 1.73. The fourth-order valence-corrected chi connectivity index (χ4v) is 1.87. The Morgan fingerprint density at radius 1 is 1.56 bits per heavy atom. The molecule has 0 aliphatic rings. The normalized spacial score (nSPS) is 10.7. The van der Waals surface area contributed by atoms with Gasteiger partial charge in [-0.1, -0.05) is 21.1 Å². The highest BCUT2D eigenvalue weighted by molar-refractivity contribution is 9.10. The number of rotatable bonds is 1. The molecular weight excluding hydrogens is 279 g/mol. The number of phenolic OH excluding ortho intramolecular Hbond substituents is 1. The molecule has 0 saturated carbocycles. The first-order valence-corrected chi connectivity index (χ1v) is 5.19. The Balaban J connectivity index is 2.79. The zero-order valence-corrected chi connectivity index (χ0v) is 9.88. The SMILES string of the molecule is Cc1c(Br)cc(F)c(O)c1-c1cnoc1N. The van der Waals surface area contributed by atoms with Gasteiger partial charge in [-0.15, -0.1) is 0 Å². The molecule has 1 heterocycles. The lowest BCUT2D eigenvalue weighted by Crippen LogP contribution is -1.92. The molecule has 0 saturated heterocycles. The van der Waals surface area contributed by atoms with Crippen molar-refractivity contribution in [3.8, 4) is 16.9 Å². The molecule has 0 radical (unpaired) electrons. The average molecular weight is 287 g/mol. The van der Waals surface area contributed by atoms with E-state index in [1.54, 1.807) is 6.92 Å². The summed E-state index contributed by atoms with van der Waals surface area (Å²) in [7, 11) is 0. The zero-order chi connectivity index (χ0) is 11.9. The maximum atomic E-state index is 13.4. The molecule has 1 aromatic heterocycles. The molecule has 0 spiro atoms. The highest BCUT2D eigenvalue weighted by Crippen LogP contribution is 2.40. The lowest BCUT2D eigenvalue weighted by molar-refractivity contribution is 0.432. The molecule has 0 aliphatic heterocycles. The van der Waals surface area contributed by atoms with E-state index in [2.05, 4.69) is 25.6 Å². The minimum absolute atomic E-state index is 0.0379. The van der Waals surface area contributed by atoms with Crippen LogP contribution in [0.1, 0.15) is 5.56 Å². The molecule has 0 bridgehead atoms. The molecule has 0 aliphatic carbocycles. The third-order valence-electron chi connectivity index (χ3n) is 2.32. The molecule has 0 fully saturated rings. The van der Waals surface area contributed by atoms with Crippen molar-refractivity contribution in [2.24, 2.45) is 0 Å². The molecule has 0 unspecified atom stereocenters. The largest absolute Gasteiger partial charge is 0.504 e. The second-order valence-electron chi connectivity index (χ2n) is 3.29. The fraction of sp³-hybridized carbons (Fsp3) is 0.100. The molecule has 6 heteroatoms. The summed E-state index contributed by atoms with van der Waals surface area (Å²) < 4.78 is 18.6. The van der Waals surface area contributed by atoms with Crippen LogP contribution in [0, 0.1) is 12.7 Å². The molecule has 84 valence electrons. The number of anilines is 1. The van der Waals surface area contributed by atoms with Gasteiger partial charge < -0.3 is 15.4 Å². The van der Waals surface area contributed by atoms with Gasteiger partial charge in [0.15, 0.2) is 11.6 Å². The first kappa shape index (κ1) is 10.9. The number of halogens is 2. The lowest BCUT2D eigenvalue weighted by Gasteiger charge is -2.09. The minimum Gasteiger partial charge on any atom is -0.504 e.